The van der Waals surface area contributed by atoms with Gasteiger partial charge in [0.05, 0.1) is 5.52 Å². The first-order valence-corrected chi connectivity index (χ1v) is 7.18. The van der Waals surface area contributed by atoms with Crippen molar-refractivity contribution >= 4 is 44.3 Å². The summed E-state index contributed by atoms with van der Waals surface area (Å²) in [5, 5.41) is 4.69. The van der Waals surface area contributed by atoms with Gasteiger partial charge in [-0.3, -0.25) is 0 Å². The van der Waals surface area contributed by atoms with Crippen molar-refractivity contribution in [2.75, 3.05) is 11.9 Å². The van der Waals surface area contributed by atoms with Gasteiger partial charge in [0.15, 0.2) is 0 Å². The summed E-state index contributed by atoms with van der Waals surface area (Å²) in [6, 6.07) is 4.13. The highest BCUT2D eigenvalue weighted by Crippen LogP contribution is 2.32. The van der Waals surface area contributed by atoms with Crippen molar-refractivity contribution in [3.8, 4) is 0 Å². The van der Waals surface area contributed by atoms with Crippen LogP contribution in [0.3, 0.4) is 0 Å². The van der Waals surface area contributed by atoms with E-state index in [9.17, 15) is 0 Å². The molecule has 1 fully saturated rings. The summed E-state index contributed by atoms with van der Waals surface area (Å²) in [4.78, 5) is 8.59. The number of nitrogens with zero attached hydrogens (tertiary/aromatic N) is 2. The fourth-order valence-electron chi connectivity index (χ4n) is 2.00. The maximum atomic E-state index is 5.98. The number of aryl methyl sites for hydroxylation is 1. The van der Waals surface area contributed by atoms with Crippen LogP contribution in [0, 0.1) is 12.8 Å². The Morgan fingerprint density at radius 2 is 2.17 bits per heavy atom. The van der Waals surface area contributed by atoms with Crippen molar-refractivity contribution in [2.45, 2.75) is 19.8 Å². The van der Waals surface area contributed by atoms with E-state index in [0.717, 1.165) is 33.7 Å². The fraction of sp³-hybridized carbons (Fsp3) is 0.385. The van der Waals surface area contributed by atoms with Crippen molar-refractivity contribution in [3.63, 3.8) is 0 Å². The zero-order valence-electron chi connectivity index (χ0n) is 10.0. The van der Waals surface area contributed by atoms with Crippen molar-refractivity contribution in [1.29, 1.82) is 0 Å². The molecule has 0 spiro atoms. The van der Waals surface area contributed by atoms with E-state index in [2.05, 4.69) is 44.2 Å². The van der Waals surface area contributed by atoms with E-state index in [4.69, 9.17) is 11.6 Å². The third-order valence-corrected chi connectivity index (χ3v) is 3.90. The average Bonchev–Trinajstić information content (AvgIpc) is 3.11. The Balaban J connectivity index is 2.09. The first-order valence-electron chi connectivity index (χ1n) is 6.01. The van der Waals surface area contributed by atoms with Crippen LogP contribution >= 0.6 is 27.5 Å². The van der Waals surface area contributed by atoms with Gasteiger partial charge in [-0.15, -0.1) is 0 Å². The molecule has 0 amide bonds. The van der Waals surface area contributed by atoms with Gasteiger partial charge < -0.3 is 5.32 Å². The molecule has 0 unspecified atom stereocenters. The molecule has 0 atom stereocenters. The quantitative estimate of drug-likeness (QED) is 0.860. The summed E-state index contributed by atoms with van der Waals surface area (Å²) in [5.74, 6) is 1.63. The molecular weight excluding hydrogens is 314 g/mol. The number of hydrogen-bond acceptors (Lipinski definition) is 3. The minimum absolute atomic E-state index is 0.283. The van der Waals surface area contributed by atoms with Gasteiger partial charge in [0, 0.05) is 16.4 Å². The van der Waals surface area contributed by atoms with Crippen LogP contribution in [0.1, 0.15) is 18.4 Å². The first-order chi connectivity index (χ1) is 8.63. The van der Waals surface area contributed by atoms with E-state index in [-0.39, 0.29) is 5.28 Å². The van der Waals surface area contributed by atoms with Crippen LogP contribution < -0.4 is 5.32 Å². The molecule has 0 radical (unpaired) electrons. The molecule has 3 rings (SSSR count). The van der Waals surface area contributed by atoms with Gasteiger partial charge in [-0.1, -0.05) is 0 Å². The topological polar surface area (TPSA) is 37.8 Å². The zero-order valence-corrected chi connectivity index (χ0v) is 12.3. The molecule has 1 aromatic carbocycles. The number of anilines is 1. The SMILES string of the molecule is Cc1cc(Br)c2nc(Cl)nc(NCC3CC3)c2c1. The molecule has 0 aliphatic heterocycles. The Labute approximate surface area is 119 Å². The second-order valence-corrected chi connectivity index (χ2v) is 6.00. The highest BCUT2D eigenvalue weighted by Gasteiger charge is 2.21. The van der Waals surface area contributed by atoms with Crippen molar-refractivity contribution in [2.24, 2.45) is 5.92 Å². The monoisotopic (exact) mass is 325 g/mol. The number of halogens is 2. The van der Waals surface area contributed by atoms with Crippen molar-refractivity contribution < 1.29 is 0 Å². The molecule has 1 heterocycles. The van der Waals surface area contributed by atoms with Gasteiger partial charge in [0.2, 0.25) is 5.28 Å². The maximum Gasteiger partial charge on any atom is 0.224 e. The highest BCUT2D eigenvalue weighted by molar-refractivity contribution is 9.10. The normalized spacial score (nSPS) is 15.1. The number of rotatable bonds is 3. The van der Waals surface area contributed by atoms with Gasteiger partial charge >= 0.3 is 0 Å². The lowest BCUT2D eigenvalue weighted by atomic mass is 10.1. The molecule has 1 N–H and O–H groups in total. The summed E-state index contributed by atoms with van der Waals surface area (Å²) < 4.78 is 0.955. The van der Waals surface area contributed by atoms with E-state index >= 15 is 0 Å². The summed E-state index contributed by atoms with van der Waals surface area (Å²) in [7, 11) is 0. The molecule has 1 aliphatic rings. The Hall–Kier alpha value is -0.870. The average molecular weight is 327 g/mol. The van der Waals surface area contributed by atoms with Crippen molar-refractivity contribution in [3.05, 3.63) is 27.5 Å². The van der Waals surface area contributed by atoms with Crippen LogP contribution in [0.4, 0.5) is 5.82 Å². The second-order valence-electron chi connectivity index (χ2n) is 4.81. The van der Waals surface area contributed by atoms with Gasteiger partial charge in [-0.25, -0.2) is 9.97 Å². The summed E-state index contributed by atoms with van der Waals surface area (Å²) in [6.45, 7) is 3.03. The van der Waals surface area contributed by atoms with Crippen LogP contribution in [-0.4, -0.2) is 16.5 Å². The standard InChI is InChI=1S/C13H13BrClN3/c1-7-4-9-11(10(14)5-7)17-13(15)18-12(9)16-6-8-2-3-8/h4-5,8H,2-3,6H2,1H3,(H,16,17,18). The van der Waals surface area contributed by atoms with Crippen LogP contribution in [0.15, 0.2) is 16.6 Å². The molecule has 5 heteroatoms. The van der Waals surface area contributed by atoms with E-state index in [1.54, 1.807) is 0 Å². The lowest BCUT2D eigenvalue weighted by Crippen LogP contribution is -2.06. The summed E-state index contributed by atoms with van der Waals surface area (Å²) in [6.07, 6.45) is 2.62. The summed E-state index contributed by atoms with van der Waals surface area (Å²) >= 11 is 9.52. The molecule has 1 aromatic heterocycles. The van der Waals surface area contributed by atoms with Gasteiger partial charge in [-0.05, 0) is 70.9 Å². The number of hydrogen-bond donors (Lipinski definition) is 1. The minimum atomic E-state index is 0.283. The Morgan fingerprint density at radius 1 is 1.39 bits per heavy atom. The zero-order chi connectivity index (χ0) is 12.7. The summed E-state index contributed by atoms with van der Waals surface area (Å²) in [5.41, 5.74) is 2.04. The molecule has 94 valence electrons. The smallest absolute Gasteiger partial charge is 0.224 e. The second kappa shape index (κ2) is 4.67. The molecule has 3 nitrogen and oxygen atoms in total. The maximum absolute atomic E-state index is 5.98. The molecule has 2 aromatic rings. The Kier molecular flexibility index (Phi) is 3.16. The van der Waals surface area contributed by atoms with Crippen LogP contribution in [0.2, 0.25) is 5.28 Å². The first kappa shape index (κ1) is 12.2. The van der Waals surface area contributed by atoms with Crippen LogP contribution in [0.5, 0.6) is 0 Å². The Morgan fingerprint density at radius 3 is 2.89 bits per heavy atom. The fourth-order valence-corrected chi connectivity index (χ4v) is 2.83. The van der Waals surface area contributed by atoms with E-state index in [0.29, 0.717) is 0 Å². The Bertz CT molecular complexity index is 611. The molecular formula is C13H13BrClN3. The predicted molar refractivity (Wildman–Crippen MR) is 78.2 cm³/mol. The van der Waals surface area contributed by atoms with E-state index < -0.39 is 0 Å². The lowest BCUT2D eigenvalue weighted by Gasteiger charge is -2.10. The van der Waals surface area contributed by atoms with Gasteiger partial charge in [0.1, 0.15) is 5.82 Å². The molecule has 18 heavy (non-hydrogen) atoms. The largest absolute Gasteiger partial charge is 0.369 e. The van der Waals surface area contributed by atoms with Crippen LogP contribution in [0.25, 0.3) is 10.9 Å². The van der Waals surface area contributed by atoms with Crippen LogP contribution in [-0.2, 0) is 0 Å². The molecule has 0 bridgehead atoms. The number of aromatic nitrogens is 2. The van der Waals surface area contributed by atoms with Gasteiger partial charge in [-0.2, -0.15) is 0 Å². The third kappa shape index (κ3) is 2.45. The number of fused-ring (bicyclic) bond motifs is 1. The number of benzene rings is 1. The number of nitrogens with one attached hydrogen (secondary N) is 1. The van der Waals surface area contributed by atoms with Crippen molar-refractivity contribution in [1.82, 2.24) is 9.97 Å². The van der Waals surface area contributed by atoms with E-state index in [1.165, 1.54) is 18.4 Å². The highest BCUT2D eigenvalue weighted by atomic mass is 79.9. The van der Waals surface area contributed by atoms with Gasteiger partial charge in [0.25, 0.3) is 0 Å². The molecule has 1 saturated carbocycles. The van der Waals surface area contributed by atoms with E-state index in [1.807, 2.05) is 6.07 Å². The lowest BCUT2D eigenvalue weighted by molar-refractivity contribution is 0.883. The molecule has 1 aliphatic carbocycles. The minimum Gasteiger partial charge on any atom is -0.369 e. The predicted octanol–water partition coefficient (Wildman–Crippen LogP) is 4.18. The third-order valence-electron chi connectivity index (χ3n) is 3.13. The molecule has 0 saturated heterocycles.